The van der Waals surface area contributed by atoms with E-state index in [0.29, 0.717) is 0 Å². The first-order valence-electron chi connectivity index (χ1n) is 8.36. The molecule has 2 N–H and O–H groups in total. The summed E-state index contributed by atoms with van der Waals surface area (Å²) in [6.07, 6.45) is 16.2. The van der Waals surface area contributed by atoms with Crippen LogP contribution in [0.4, 0.5) is 4.79 Å². The van der Waals surface area contributed by atoms with Gasteiger partial charge in [0.2, 0.25) is 0 Å². The monoisotopic (exact) mass is 334 g/mol. The number of rotatable bonds is 8. The molecule has 0 rings (SSSR count). The van der Waals surface area contributed by atoms with Crippen LogP contribution in [0.25, 0.3) is 0 Å². The van der Waals surface area contributed by atoms with Crippen molar-refractivity contribution in [1.82, 2.24) is 0 Å². The number of carboxylic acid groups (broad SMARTS) is 2. The summed E-state index contributed by atoms with van der Waals surface area (Å²) in [4.78, 5) is 8.56. The molecule has 0 amide bonds. The second-order valence-corrected chi connectivity index (χ2v) is 6.10. The highest BCUT2D eigenvalue weighted by atomic mass is 16.6. The van der Waals surface area contributed by atoms with Gasteiger partial charge in [-0.15, -0.1) is 0 Å². The maximum absolute atomic E-state index is 8.56. The molecule has 0 aliphatic carbocycles. The molecule has 136 valence electrons. The molecule has 3 nitrogen and oxygen atoms in total. The zero-order valence-corrected chi connectivity index (χ0v) is 16.1. The average Bonchev–Trinajstić information content (AvgIpc) is 2.46. The van der Waals surface area contributed by atoms with Gasteiger partial charge in [-0.05, 0) is 67.2 Å². The molecule has 0 aromatic rings. The van der Waals surface area contributed by atoms with Crippen LogP contribution in [0.5, 0.6) is 0 Å². The third kappa shape index (κ3) is 22.3. The van der Waals surface area contributed by atoms with Crippen LogP contribution in [-0.4, -0.2) is 16.4 Å². The fraction of sp³-hybridized carbons (Fsp3) is 0.476. The third-order valence-electron chi connectivity index (χ3n) is 3.32. The Balaban J connectivity index is 0. The minimum absolute atomic E-state index is 1.15. The van der Waals surface area contributed by atoms with Gasteiger partial charge < -0.3 is 10.2 Å². The Labute approximate surface area is 147 Å². The van der Waals surface area contributed by atoms with Gasteiger partial charge in [0, 0.05) is 0 Å². The normalized spacial score (nSPS) is 12.7. The topological polar surface area (TPSA) is 57.5 Å². The van der Waals surface area contributed by atoms with Crippen molar-refractivity contribution in [3.8, 4) is 0 Å². The van der Waals surface area contributed by atoms with Gasteiger partial charge in [0.1, 0.15) is 0 Å². The highest BCUT2D eigenvalue weighted by Crippen LogP contribution is 2.11. The molecule has 0 unspecified atom stereocenters. The van der Waals surface area contributed by atoms with Crippen molar-refractivity contribution in [2.75, 3.05) is 0 Å². The Morgan fingerprint density at radius 1 is 0.875 bits per heavy atom. The summed E-state index contributed by atoms with van der Waals surface area (Å²) in [6, 6.07) is 0. The molecule has 0 bridgehead atoms. The van der Waals surface area contributed by atoms with Crippen molar-refractivity contribution in [3.05, 3.63) is 58.7 Å². The SMILES string of the molecule is CC=C(C)C=CC=C(C)CCC=C(C)CCC=C(C)C.O=C(O)O. The molecule has 3 heteroatoms. The maximum Gasteiger partial charge on any atom is 0.503 e. The number of hydrogen-bond acceptors (Lipinski definition) is 1. The quantitative estimate of drug-likeness (QED) is 0.366. The highest BCUT2D eigenvalue weighted by Gasteiger charge is 1.91. The van der Waals surface area contributed by atoms with Gasteiger partial charge >= 0.3 is 6.16 Å². The first kappa shape index (κ1) is 24.2. The van der Waals surface area contributed by atoms with Crippen molar-refractivity contribution in [1.29, 1.82) is 0 Å². The summed E-state index contributed by atoms with van der Waals surface area (Å²) in [5.41, 5.74) is 5.68. The minimum Gasteiger partial charge on any atom is -0.450 e. The number of allylic oxidation sites excluding steroid dienone is 10. The van der Waals surface area contributed by atoms with Gasteiger partial charge in [0.15, 0.2) is 0 Å². The van der Waals surface area contributed by atoms with Crippen LogP contribution < -0.4 is 0 Å². The molecule has 0 spiro atoms. The molecule has 0 atom stereocenters. The highest BCUT2D eigenvalue weighted by molar-refractivity contribution is 5.53. The van der Waals surface area contributed by atoms with E-state index in [-0.39, 0.29) is 0 Å². The lowest BCUT2D eigenvalue weighted by Gasteiger charge is -2.00. The smallest absolute Gasteiger partial charge is 0.450 e. The van der Waals surface area contributed by atoms with Crippen LogP contribution in [0.1, 0.15) is 67.2 Å². The fourth-order valence-electron chi connectivity index (χ4n) is 1.78. The van der Waals surface area contributed by atoms with Gasteiger partial charge in [-0.3, -0.25) is 0 Å². The van der Waals surface area contributed by atoms with Gasteiger partial charge in [-0.2, -0.15) is 0 Å². The zero-order chi connectivity index (χ0) is 19.0. The second-order valence-electron chi connectivity index (χ2n) is 6.10. The van der Waals surface area contributed by atoms with Crippen LogP contribution in [0.15, 0.2) is 58.7 Å². The van der Waals surface area contributed by atoms with Crippen LogP contribution >= 0.6 is 0 Å². The molecule has 0 saturated heterocycles. The Hall–Kier alpha value is -2.03. The van der Waals surface area contributed by atoms with E-state index in [9.17, 15) is 0 Å². The van der Waals surface area contributed by atoms with Gasteiger partial charge in [0.25, 0.3) is 0 Å². The van der Waals surface area contributed by atoms with Crippen LogP contribution in [0.2, 0.25) is 0 Å². The summed E-state index contributed by atoms with van der Waals surface area (Å²) in [6.45, 7) is 13.0. The minimum atomic E-state index is -1.83. The lowest BCUT2D eigenvalue weighted by atomic mass is 10.1. The van der Waals surface area contributed by atoms with Gasteiger partial charge in [-0.1, -0.05) is 58.7 Å². The summed E-state index contributed by atoms with van der Waals surface area (Å²) < 4.78 is 0. The fourth-order valence-corrected chi connectivity index (χ4v) is 1.78. The maximum atomic E-state index is 8.56. The lowest BCUT2D eigenvalue weighted by molar-refractivity contribution is 0.137. The van der Waals surface area contributed by atoms with Crippen molar-refractivity contribution < 1.29 is 15.0 Å². The van der Waals surface area contributed by atoms with E-state index in [1.165, 1.54) is 35.1 Å². The molecule has 24 heavy (non-hydrogen) atoms. The Kier molecular flexibility index (Phi) is 16.0. The Morgan fingerprint density at radius 2 is 1.38 bits per heavy atom. The van der Waals surface area contributed by atoms with Crippen LogP contribution in [0, 0.1) is 0 Å². The average molecular weight is 334 g/mol. The predicted molar refractivity (Wildman–Crippen MR) is 105 cm³/mol. The summed E-state index contributed by atoms with van der Waals surface area (Å²) in [5.74, 6) is 0. The standard InChI is InChI=1S/C20H32.CH2O3/c1-7-18(4)12-9-14-20(6)16-10-15-19(5)13-8-11-17(2)3;2-1(3)4/h7,9,11-12,14-15H,8,10,13,16H2,1-6H3;(H2,2,3,4). The van der Waals surface area contributed by atoms with E-state index in [1.54, 1.807) is 0 Å². The van der Waals surface area contributed by atoms with E-state index in [2.05, 4.69) is 78.0 Å². The molecule has 0 aliphatic heterocycles. The molecular weight excluding hydrogens is 300 g/mol. The summed E-state index contributed by atoms with van der Waals surface area (Å²) in [7, 11) is 0. The molecule has 0 fully saturated rings. The first-order chi connectivity index (χ1) is 11.2. The zero-order valence-electron chi connectivity index (χ0n) is 16.1. The molecule has 0 saturated carbocycles. The van der Waals surface area contributed by atoms with Crippen LogP contribution in [-0.2, 0) is 0 Å². The Morgan fingerprint density at radius 3 is 1.88 bits per heavy atom. The van der Waals surface area contributed by atoms with E-state index < -0.39 is 6.16 Å². The van der Waals surface area contributed by atoms with E-state index in [1.807, 2.05) is 0 Å². The lowest BCUT2D eigenvalue weighted by Crippen LogP contribution is -1.81. The van der Waals surface area contributed by atoms with Gasteiger partial charge in [-0.25, -0.2) is 4.79 Å². The molecular formula is C21H34O3. The Bertz CT molecular complexity index is 495. The number of hydrogen-bond donors (Lipinski definition) is 2. The van der Waals surface area contributed by atoms with Crippen molar-refractivity contribution in [2.45, 2.75) is 67.2 Å². The van der Waals surface area contributed by atoms with E-state index in [4.69, 9.17) is 15.0 Å². The van der Waals surface area contributed by atoms with Crippen molar-refractivity contribution >= 4 is 6.16 Å². The molecule has 0 aromatic heterocycles. The largest absolute Gasteiger partial charge is 0.503 e. The van der Waals surface area contributed by atoms with E-state index in [0.717, 1.165) is 12.8 Å². The molecule has 0 heterocycles. The first-order valence-corrected chi connectivity index (χ1v) is 8.36. The van der Waals surface area contributed by atoms with Crippen LogP contribution in [0.3, 0.4) is 0 Å². The molecule has 0 aromatic carbocycles. The predicted octanol–water partition coefficient (Wildman–Crippen LogP) is 7.15. The summed E-state index contributed by atoms with van der Waals surface area (Å²) in [5, 5.41) is 13.9. The summed E-state index contributed by atoms with van der Waals surface area (Å²) >= 11 is 0. The molecule has 0 radical (unpaired) electrons. The van der Waals surface area contributed by atoms with E-state index >= 15 is 0 Å². The third-order valence-corrected chi connectivity index (χ3v) is 3.32. The molecule has 0 aliphatic rings. The van der Waals surface area contributed by atoms with Crippen molar-refractivity contribution in [2.24, 2.45) is 0 Å². The van der Waals surface area contributed by atoms with Crippen molar-refractivity contribution in [3.63, 3.8) is 0 Å². The number of carbonyl (C=O) groups is 1. The second kappa shape index (κ2) is 15.9. The van der Waals surface area contributed by atoms with Gasteiger partial charge in [0.05, 0.1) is 0 Å².